The van der Waals surface area contributed by atoms with Gasteiger partial charge in [0.1, 0.15) is 17.5 Å². The van der Waals surface area contributed by atoms with E-state index in [1.54, 1.807) is 0 Å². The third kappa shape index (κ3) is 4.30. The number of benzene rings is 2. The second-order valence-corrected chi connectivity index (χ2v) is 8.18. The quantitative estimate of drug-likeness (QED) is 0.861. The van der Waals surface area contributed by atoms with Gasteiger partial charge in [-0.05, 0) is 49.2 Å². The van der Waals surface area contributed by atoms with Gasteiger partial charge in [-0.25, -0.2) is 21.6 Å². The predicted octanol–water partition coefficient (Wildman–Crippen LogP) is 3.14. The van der Waals surface area contributed by atoms with E-state index in [4.69, 9.17) is 0 Å². The van der Waals surface area contributed by atoms with Crippen LogP contribution in [0.3, 0.4) is 0 Å². The van der Waals surface area contributed by atoms with Gasteiger partial charge in [0.05, 0.1) is 10.6 Å². The number of rotatable bonds is 4. The van der Waals surface area contributed by atoms with Crippen LogP contribution < -0.4 is 5.32 Å². The summed E-state index contributed by atoms with van der Waals surface area (Å²) in [7, 11) is -3.76. The smallest absolute Gasteiger partial charge is 0.243 e. The molecule has 0 radical (unpaired) electrons. The van der Waals surface area contributed by atoms with E-state index in [2.05, 4.69) is 5.32 Å². The van der Waals surface area contributed by atoms with Crippen LogP contribution in [-0.2, 0) is 14.8 Å². The van der Waals surface area contributed by atoms with Gasteiger partial charge in [0.2, 0.25) is 15.9 Å². The Morgan fingerprint density at radius 2 is 1.56 bits per heavy atom. The number of hydrogen-bond donors (Lipinski definition) is 1. The molecule has 144 valence electrons. The molecular formula is C18H17F3N2O3S. The molecule has 0 unspecified atom stereocenters. The van der Waals surface area contributed by atoms with Crippen molar-refractivity contribution >= 4 is 21.6 Å². The minimum absolute atomic E-state index is 0.0137. The number of sulfonamides is 1. The number of carbonyl (C=O) groups excluding carboxylic acids is 1. The molecule has 0 spiro atoms. The van der Waals surface area contributed by atoms with Gasteiger partial charge < -0.3 is 5.32 Å². The molecule has 1 N–H and O–H groups in total. The maximum Gasteiger partial charge on any atom is 0.243 e. The zero-order chi connectivity index (χ0) is 19.6. The van der Waals surface area contributed by atoms with E-state index in [0.717, 1.165) is 24.3 Å². The summed E-state index contributed by atoms with van der Waals surface area (Å²) in [5, 5.41) is 2.41. The van der Waals surface area contributed by atoms with Crippen molar-refractivity contribution in [1.29, 1.82) is 0 Å². The van der Waals surface area contributed by atoms with Crippen molar-refractivity contribution < 1.29 is 26.4 Å². The lowest BCUT2D eigenvalue weighted by Crippen LogP contribution is -2.41. The molecule has 2 aromatic carbocycles. The van der Waals surface area contributed by atoms with Crippen LogP contribution in [0.25, 0.3) is 0 Å². The van der Waals surface area contributed by atoms with Crippen LogP contribution in [0.2, 0.25) is 0 Å². The number of hydrogen-bond acceptors (Lipinski definition) is 3. The number of anilines is 1. The van der Waals surface area contributed by atoms with Crippen molar-refractivity contribution in [3.05, 3.63) is 59.9 Å². The highest BCUT2D eigenvalue weighted by atomic mass is 32.2. The fourth-order valence-electron chi connectivity index (χ4n) is 2.94. The Morgan fingerprint density at radius 3 is 2.15 bits per heavy atom. The molecular weight excluding hydrogens is 381 g/mol. The van der Waals surface area contributed by atoms with E-state index in [9.17, 15) is 26.4 Å². The molecule has 1 aliphatic heterocycles. The van der Waals surface area contributed by atoms with Crippen LogP contribution in [-0.4, -0.2) is 31.7 Å². The molecule has 1 saturated heterocycles. The Kier molecular flexibility index (Phi) is 5.52. The average Bonchev–Trinajstić information content (AvgIpc) is 2.64. The molecule has 0 aromatic heterocycles. The molecule has 1 aliphatic rings. The van der Waals surface area contributed by atoms with Gasteiger partial charge in [-0.2, -0.15) is 4.31 Å². The highest BCUT2D eigenvalue weighted by Gasteiger charge is 2.32. The highest BCUT2D eigenvalue weighted by Crippen LogP contribution is 2.25. The summed E-state index contributed by atoms with van der Waals surface area (Å²) >= 11 is 0. The average molecular weight is 398 g/mol. The van der Waals surface area contributed by atoms with E-state index in [0.29, 0.717) is 6.07 Å². The monoisotopic (exact) mass is 398 g/mol. The number of amides is 1. The molecule has 1 amide bonds. The van der Waals surface area contributed by atoms with E-state index in [-0.39, 0.29) is 36.5 Å². The largest absolute Gasteiger partial charge is 0.323 e. The Bertz CT molecular complexity index is 941. The van der Waals surface area contributed by atoms with E-state index < -0.39 is 39.3 Å². The van der Waals surface area contributed by atoms with Crippen molar-refractivity contribution in [2.24, 2.45) is 5.92 Å². The van der Waals surface area contributed by atoms with Crippen LogP contribution >= 0.6 is 0 Å². The summed E-state index contributed by atoms with van der Waals surface area (Å²) in [6, 6.07) is 7.39. The zero-order valence-corrected chi connectivity index (χ0v) is 15.0. The summed E-state index contributed by atoms with van der Waals surface area (Å²) < 4.78 is 65.9. The number of halogens is 3. The second-order valence-electron chi connectivity index (χ2n) is 6.25. The van der Waals surface area contributed by atoms with Crippen LogP contribution in [0, 0.1) is 23.4 Å². The molecule has 1 fully saturated rings. The highest BCUT2D eigenvalue weighted by molar-refractivity contribution is 7.89. The van der Waals surface area contributed by atoms with E-state index in [1.807, 2.05) is 0 Å². The number of piperidine rings is 1. The fourth-order valence-corrected chi connectivity index (χ4v) is 4.41. The maximum absolute atomic E-state index is 13.6. The fraction of sp³-hybridized carbons (Fsp3) is 0.278. The first kappa shape index (κ1) is 19.4. The molecule has 0 saturated carbocycles. The summed E-state index contributed by atoms with van der Waals surface area (Å²) in [5.41, 5.74) is -0.122. The third-order valence-corrected chi connectivity index (χ3v) is 6.38. The summed E-state index contributed by atoms with van der Waals surface area (Å²) in [6.07, 6.45) is 0.518. The molecule has 1 heterocycles. The summed E-state index contributed by atoms with van der Waals surface area (Å²) in [6.45, 7) is 0.230. The SMILES string of the molecule is O=C(Nc1ccc(F)cc1F)C1CCN(S(=O)(=O)c2ccc(F)cc2)CC1. The van der Waals surface area contributed by atoms with Crippen molar-refractivity contribution in [2.45, 2.75) is 17.7 Å². The molecule has 3 rings (SSSR count). The topological polar surface area (TPSA) is 66.5 Å². The van der Waals surface area contributed by atoms with Crippen molar-refractivity contribution in [3.8, 4) is 0 Å². The van der Waals surface area contributed by atoms with Crippen LogP contribution in [0.4, 0.5) is 18.9 Å². The zero-order valence-electron chi connectivity index (χ0n) is 14.2. The second kappa shape index (κ2) is 7.69. The van der Waals surface area contributed by atoms with E-state index in [1.165, 1.54) is 16.4 Å². The lowest BCUT2D eigenvalue weighted by Gasteiger charge is -2.30. The minimum Gasteiger partial charge on any atom is -0.323 e. The molecule has 9 heteroatoms. The van der Waals surface area contributed by atoms with E-state index >= 15 is 0 Å². The van der Waals surface area contributed by atoms with Crippen LogP contribution in [0.15, 0.2) is 47.4 Å². The minimum atomic E-state index is -3.76. The number of nitrogens with one attached hydrogen (secondary N) is 1. The lowest BCUT2D eigenvalue weighted by molar-refractivity contribution is -0.120. The number of carbonyl (C=O) groups is 1. The molecule has 0 aliphatic carbocycles. The van der Waals surface area contributed by atoms with Gasteiger partial charge in [-0.1, -0.05) is 0 Å². The molecule has 0 atom stereocenters. The Labute approximate surface area is 154 Å². The van der Waals surface area contributed by atoms with Gasteiger partial charge in [0, 0.05) is 25.1 Å². The normalized spacial score (nSPS) is 16.3. The molecule has 5 nitrogen and oxygen atoms in total. The third-order valence-electron chi connectivity index (χ3n) is 4.47. The van der Waals surface area contributed by atoms with Crippen molar-refractivity contribution in [1.82, 2.24) is 4.31 Å². The Morgan fingerprint density at radius 1 is 0.963 bits per heavy atom. The first-order valence-corrected chi connectivity index (χ1v) is 9.73. The first-order chi connectivity index (χ1) is 12.8. The van der Waals surface area contributed by atoms with Gasteiger partial charge in [0.25, 0.3) is 0 Å². The standard InChI is InChI=1S/C18H17F3N2O3S/c19-13-1-4-15(5-2-13)27(25,26)23-9-7-12(8-10-23)18(24)22-17-6-3-14(20)11-16(17)21/h1-6,11-12H,7-10H2,(H,22,24). The predicted molar refractivity (Wildman–Crippen MR) is 92.9 cm³/mol. The number of nitrogens with zero attached hydrogens (tertiary/aromatic N) is 1. The van der Waals surface area contributed by atoms with Crippen molar-refractivity contribution in [3.63, 3.8) is 0 Å². The first-order valence-electron chi connectivity index (χ1n) is 8.29. The Balaban J connectivity index is 1.62. The maximum atomic E-state index is 13.6. The Hall–Kier alpha value is -2.39. The molecule has 27 heavy (non-hydrogen) atoms. The van der Waals surface area contributed by atoms with Crippen LogP contribution in [0.5, 0.6) is 0 Å². The lowest BCUT2D eigenvalue weighted by atomic mass is 9.97. The van der Waals surface area contributed by atoms with Gasteiger partial charge >= 0.3 is 0 Å². The molecule has 0 bridgehead atoms. The van der Waals surface area contributed by atoms with Gasteiger partial charge in [-0.15, -0.1) is 0 Å². The summed E-state index contributed by atoms with van der Waals surface area (Å²) in [5.74, 6) is -3.09. The van der Waals surface area contributed by atoms with Crippen LogP contribution in [0.1, 0.15) is 12.8 Å². The summed E-state index contributed by atoms with van der Waals surface area (Å²) in [4.78, 5) is 12.3. The molecule has 2 aromatic rings. The van der Waals surface area contributed by atoms with Gasteiger partial charge in [-0.3, -0.25) is 4.79 Å². The van der Waals surface area contributed by atoms with Gasteiger partial charge in [0.15, 0.2) is 0 Å². The van der Waals surface area contributed by atoms with Crippen molar-refractivity contribution in [2.75, 3.05) is 18.4 Å².